The largest absolute Gasteiger partial charge is 0.530 e. The van der Waals surface area contributed by atoms with Crippen LogP contribution in [0.4, 0.5) is 5.69 Å². The van der Waals surface area contributed by atoms with Gasteiger partial charge >= 0.3 is 7.82 Å². The maximum atomic E-state index is 12.9. The molecule has 0 unspecified atom stereocenters. The van der Waals surface area contributed by atoms with Crippen LogP contribution in [-0.2, 0) is 29.1 Å². The second-order valence-corrected chi connectivity index (χ2v) is 13.8. The molecule has 0 spiro atoms. The quantitative estimate of drug-likeness (QED) is 0.168. The molecule has 2 aliphatic heterocycles. The molecule has 2 aromatic carbocycles. The Bertz CT molecular complexity index is 1690. The van der Waals surface area contributed by atoms with Gasteiger partial charge in [-0.05, 0) is 101 Å². The van der Waals surface area contributed by atoms with Crippen LogP contribution in [0.3, 0.4) is 0 Å². The molecule has 3 aliphatic rings. The van der Waals surface area contributed by atoms with Crippen molar-refractivity contribution in [2.24, 2.45) is 0 Å². The van der Waals surface area contributed by atoms with Gasteiger partial charge in [0.2, 0.25) is 5.69 Å². The molecule has 0 atom stereocenters. The van der Waals surface area contributed by atoms with Gasteiger partial charge in [-0.2, -0.15) is 13.0 Å². The summed E-state index contributed by atoms with van der Waals surface area (Å²) in [6.45, 7) is 10.7. The topological polar surface area (TPSA) is 111 Å². The predicted octanol–water partition coefficient (Wildman–Crippen LogP) is 7.36. The van der Waals surface area contributed by atoms with Crippen LogP contribution in [0, 0.1) is 0 Å². The van der Waals surface area contributed by atoms with Crippen molar-refractivity contribution in [3.05, 3.63) is 76.6 Å². The molecule has 42 heavy (non-hydrogen) atoms. The first-order valence-corrected chi connectivity index (χ1v) is 17.1. The zero-order valence-corrected chi connectivity index (χ0v) is 26.3. The maximum Gasteiger partial charge on any atom is 0.530 e. The summed E-state index contributed by atoms with van der Waals surface area (Å²) in [6.07, 6.45) is 8.99. The summed E-state index contributed by atoms with van der Waals surface area (Å²) in [7, 11) is -8.07. The van der Waals surface area contributed by atoms with Crippen molar-refractivity contribution in [1.29, 1.82) is 0 Å². The van der Waals surface area contributed by atoms with Crippen LogP contribution in [0.2, 0.25) is 0 Å². The van der Waals surface area contributed by atoms with E-state index in [1.807, 2.05) is 6.07 Å². The molecular weight excluding hydrogens is 577 g/mol. The third kappa shape index (κ3) is 5.79. The number of phosphoric ester groups is 1. The van der Waals surface area contributed by atoms with Crippen LogP contribution in [-0.4, -0.2) is 43.0 Å². The summed E-state index contributed by atoms with van der Waals surface area (Å²) >= 11 is 0. The van der Waals surface area contributed by atoms with E-state index in [1.54, 1.807) is 38.1 Å². The number of benzene rings is 2. The Balaban J connectivity index is 1.48. The summed E-state index contributed by atoms with van der Waals surface area (Å²) in [5.74, 6) is 1.71. The molecule has 1 N–H and O–H groups in total. The molecule has 0 amide bonds. The zero-order chi connectivity index (χ0) is 30.3. The average molecular weight is 615 g/mol. The van der Waals surface area contributed by atoms with Gasteiger partial charge < -0.3 is 9.26 Å². The van der Waals surface area contributed by atoms with Crippen LogP contribution in [0.15, 0.2) is 70.4 Å². The Morgan fingerprint density at radius 3 is 2.45 bits per heavy atom. The lowest BCUT2D eigenvalue weighted by molar-refractivity contribution is -0.433. The Labute approximate surface area is 247 Å². The van der Waals surface area contributed by atoms with E-state index >= 15 is 0 Å². The Kier molecular flexibility index (Phi) is 8.40. The van der Waals surface area contributed by atoms with Gasteiger partial charge in [0.25, 0.3) is 10.1 Å². The van der Waals surface area contributed by atoms with E-state index in [1.165, 1.54) is 6.07 Å². The number of fused-ring (bicyclic) bond motifs is 3. The number of rotatable bonds is 10. The highest BCUT2D eigenvalue weighted by molar-refractivity contribution is 7.85. The zero-order valence-electron chi connectivity index (χ0n) is 24.5. The summed E-state index contributed by atoms with van der Waals surface area (Å²) in [6, 6.07) is 10.1. The van der Waals surface area contributed by atoms with E-state index in [4.69, 9.17) is 18.3 Å². The van der Waals surface area contributed by atoms with Crippen LogP contribution in [0.5, 0.6) is 11.5 Å². The summed E-state index contributed by atoms with van der Waals surface area (Å²) in [5, 5.41) is 0. The Hall–Kier alpha value is -3.01. The standard InChI is InChI=1S/C31H36NO8PS/c1-6-32-27-16-15-25(42(34,35)36)20-26(27)31(4,5)29(32)17-13-21-10-9-11-23-18-22-12-14-24(19-28(22)39-30(21)23)40-41(33,37-7-2)38-8-3/h12-20H,6-11H2,1-5H3/p+1. The SMILES string of the molecule is CCOP(=O)(OCC)Oc1ccc2c(c1)OC1=C(C=CC3=[N+](CC)c4ccc(S(=O)(=O)O)cc4C3(C)C)CCCC1=C2. The second kappa shape index (κ2) is 11.6. The van der Waals surface area contributed by atoms with Gasteiger partial charge in [0.1, 0.15) is 23.8 Å². The first kappa shape index (κ1) is 30.4. The number of nitrogens with zero attached hydrogens (tertiary/aromatic N) is 1. The molecule has 11 heteroatoms. The lowest BCUT2D eigenvalue weighted by atomic mass is 9.81. The molecule has 0 radical (unpaired) electrons. The van der Waals surface area contributed by atoms with Crippen molar-refractivity contribution < 1.29 is 40.4 Å². The van der Waals surface area contributed by atoms with Crippen molar-refractivity contribution >= 4 is 35.4 Å². The number of allylic oxidation sites excluding steroid dienone is 4. The van der Waals surface area contributed by atoms with Crippen LogP contribution < -0.4 is 9.26 Å². The molecule has 9 nitrogen and oxygen atoms in total. The van der Waals surface area contributed by atoms with E-state index in [9.17, 15) is 17.5 Å². The van der Waals surface area contributed by atoms with E-state index in [-0.39, 0.29) is 18.1 Å². The summed E-state index contributed by atoms with van der Waals surface area (Å²) in [4.78, 5) is -0.112. The smallest absolute Gasteiger partial charge is 0.456 e. The van der Waals surface area contributed by atoms with Gasteiger partial charge in [0.05, 0.1) is 23.5 Å². The molecule has 0 fully saturated rings. The molecule has 0 saturated carbocycles. The van der Waals surface area contributed by atoms with Gasteiger partial charge in [-0.25, -0.2) is 4.57 Å². The first-order chi connectivity index (χ1) is 19.9. The van der Waals surface area contributed by atoms with Crippen molar-refractivity contribution in [2.45, 2.75) is 64.2 Å². The van der Waals surface area contributed by atoms with E-state index in [0.29, 0.717) is 18.0 Å². The highest BCUT2D eigenvalue weighted by Crippen LogP contribution is 2.51. The first-order valence-electron chi connectivity index (χ1n) is 14.2. The van der Waals surface area contributed by atoms with Crippen LogP contribution >= 0.6 is 7.82 Å². The molecule has 2 aromatic rings. The van der Waals surface area contributed by atoms with Gasteiger partial charge in [-0.1, -0.05) is 0 Å². The van der Waals surface area contributed by atoms with Gasteiger partial charge in [0.15, 0.2) is 5.71 Å². The number of ether oxygens (including phenoxy) is 1. The van der Waals surface area contributed by atoms with Crippen LogP contribution in [0.25, 0.3) is 6.08 Å². The predicted molar refractivity (Wildman–Crippen MR) is 161 cm³/mol. The molecule has 0 aromatic heterocycles. The maximum absolute atomic E-state index is 12.9. The summed E-state index contributed by atoms with van der Waals surface area (Å²) in [5.41, 5.74) is 5.35. The van der Waals surface area contributed by atoms with Crippen molar-refractivity contribution in [3.63, 3.8) is 0 Å². The van der Waals surface area contributed by atoms with Crippen molar-refractivity contribution in [1.82, 2.24) is 0 Å². The van der Waals surface area contributed by atoms with Gasteiger partial charge in [0, 0.05) is 29.3 Å². The molecule has 2 heterocycles. The van der Waals surface area contributed by atoms with Crippen molar-refractivity contribution in [2.75, 3.05) is 19.8 Å². The molecular formula is C31H37NO8PS+. The minimum atomic E-state index is -4.32. The van der Waals surface area contributed by atoms with E-state index in [0.717, 1.165) is 58.7 Å². The van der Waals surface area contributed by atoms with E-state index < -0.39 is 23.4 Å². The number of hydrogen-bond donors (Lipinski definition) is 1. The highest BCUT2D eigenvalue weighted by Gasteiger charge is 2.44. The van der Waals surface area contributed by atoms with Crippen molar-refractivity contribution in [3.8, 4) is 11.5 Å². The normalized spacial score (nSPS) is 18.0. The Morgan fingerprint density at radius 2 is 1.79 bits per heavy atom. The molecule has 224 valence electrons. The van der Waals surface area contributed by atoms with Gasteiger partial charge in [-0.3, -0.25) is 13.6 Å². The fraction of sp³-hybridized carbons (Fsp3) is 0.387. The second-order valence-electron chi connectivity index (χ2n) is 10.8. The third-order valence-electron chi connectivity index (χ3n) is 7.71. The fourth-order valence-corrected chi connectivity index (χ4v) is 7.47. The minimum absolute atomic E-state index is 0.112. The fourth-order valence-electron chi connectivity index (χ4n) is 5.78. The monoisotopic (exact) mass is 614 g/mol. The molecule has 0 saturated heterocycles. The minimum Gasteiger partial charge on any atom is -0.456 e. The average Bonchev–Trinajstić information content (AvgIpc) is 3.15. The lowest BCUT2D eigenvalue weighted by Gasteiger charge is -2.27. The van der Waals surface area contributed by atoms with Gasteiger partial charge in [-0.15, -0.1) is 0 Å². The molecule has 1 aliphatic carbocycles. The van der Waals surface area contributed by atoms with Crippen LogP contribution in [0.1, 0.15) is 65.0 Å². The number of phosphoric acid groups is 1. The van der Waals surface area contributed by atoms with E-state index in [2.05, 4.69) is 43.6 Å². The molecule has 5 rings (SSSR count). The molecule has 0 bridgehead atoms. The number of hydrogen-bond acceptors (Lipinski definition) is 7. The lowest BCUT2D eigenvalue weighted by Crippen LogP contribution is -2.27. The summed E-state index contributed by atoms with van der Waals surface area (Å²) < 4.78 is 71.0. The Morgan fingerprint density at radius 1 is 1.05 bits per heavy atom. The third-order valence-corrected chi connectivity index (χ3v) is 10.1. The highest BCUT2D eigenvalue weighted by atomic mass is 32.2.